The molecule has 0 N–H and O–H groups in total. The lowest BCUT2D eigenvalue weighted by Gasteiger charge is -2.09. The maximum absolute atomic E-state index is 8.90. The summed E-state index contributed by atoms with van der Waals surface area (Å²) in [6, 6.07) is 8.36. The topological polar surface area (TPSA) is 41.6 Å². The van der Waals surface area contributed by atoms with Gasteiger partial charge in [-0.2, -0.15) is 10.4 Å². The molecule has 2 aromatic rings. The van der Waals surface area contributed by atoms with E-state index in [-0.39, 0.29) is 0 Å². The minimum atomic E-state index is 0.626. The Morgan fingerprint density at radius 3 is 2.62 bits per heavy atom. The summed E-state index contributed by atoms with van der Waals surface area (Å²) in [6.07, 6.45) is 1.61. The van der Waals surface area contributed by atoms with Crippen LogP contribution in [0, 0.1) is 32.1 Å². The Bertz CT molecular complexity index is 573. The third kappa shape index (κ3) is 1.59. The van der Waals surface area contributed by atoms with Crippen molar-refractivity contribution in [2.45, 2.75) is 20.8 Å². The number of nitrogens with zero attached hydrogens (tertiary/aromatic N) is 3. The number of rotatable bonds is 1. The first-order chi connectivity index (χ1) is 7.63. The van der Waals surface area contributed by atoms with E-state index in [9.17, 15) is 0 Å². The normalized spacial score (nSPS) is 10.1. The first-order valence-electron chi connectivity index (χ1n) is 5.16. The summed E-state index contributed by atoms with van der Waals surface area (Å²) in [5.74, 6) is 0. The van der Waals surface area contributed by atoms with Gasteiger partial charge in [0.2, 0.25) is 0 Å². The molecule has 0 bridgehead atoms. The summed E-state index contributed by atoms with van der Waals surface area (Å²) >= 11 is 0. The number of hydrogen-bond acceptors (Lipinski definition) is 2. The SMILES string of the molecule is Cc1ccc(C)c(-n2ncc(C#N)c2C)c1. The Morgan fingerprint density at radius 1 is 1.25 bits per heavy atom. The summed E-state index contributed by atoms with van der Waals surface area (Å²) in [4.78, 5) is 0. The van der Waals surface area contributed by atoms with E-state index in [0.29, 0.717) is 5.56 Å². The Hall–Kier alpha value is -2.08. The third-order valence-corrected chi connectivity index (χ3v) is 2.72. The van der Waals surface area contributed by atoms with Crippen LogP contribution in [0.5, 0.6) is 0 Å². The van der Waals surface area contributed by atoms with Crippen molar-refractivity contribution in [2.75, 3.05) is 0 Å². The summed E-state index contributed by atoms with van der Waals surface area (Å²) in [5, 5.41) is 13.2. The Balaban J connectivity index is 2.64. The zero-order valence-electron chi connectivity index (χ0n) is 9.65. The van der Waals surface area contributed by atoms with E-state index in [4.69, 9.17) is 5.26 Å². The summed E-state index contributed by atoms with van der Waals surface area (Å²) in [6.45, 7) is 6.00. The molecule has 0 aliphatic heterocycles. The predicted octanol–water partition coefficient (Wildman–Crippen LogP) is 2.67. The van der Waals surface area contributed by atoms with Gasteiger partial charge in [-0.1, -0.05) is 12.1 Å². The zero-order chi connectivity index (χ0) is 11.7. The zero-order valence-corrected chi connectivity index (χ0v) is 9.65. The molecular formula is C13H13N3. The Morgan fingerprint density at radius 2 is 2.00 bits per heavy atom. The van der Waals surface area contributed by atoms with Crippen molar-refractivity contribution >= 4 is 0 Å². The van der Waals surface area contributed by atoms with E-state index >= 15 is 0 Å². The van der Waals surface area contributed by atoms with E-state index in [2.05, 4.69) is 29.4 Å². The largest absolute Gasteiger partial charge is 0.236 e. The molecular weight excluding hydrogens is 198 g/mol. The fourth-order valence-corrected chi connectivity index (χ4v) is 1.71. The molecule has 3 heteroatoms. The maximum Gasteiger partial charge on any atom is 0.103 e. The molecule has 16 heavy (non-hydrogen) atoms. The van der Waals surface area contributed by atoms with Gasteiger partial charge < -0.3 is 0 Å². The van der Waals surface area contributed by atoms with Crippen LogP contribution in [0.2, 0.25) is 0 Å². The third-order valence-electron chi connectivity index (χ3n) is 2.72. The average Bonchev–Trinajstić information content (AvgIpc) is 2.63. The van der Waals surface area contributed by atoms with Crippen molar-refractivity contribution in [1.82, 2.24) is 9.78 Å². The molecule has 0 aliphatic carbocycles. The van der Waals surface area contributed by atoms with E-state index < -0.39 is 0 Å². The van der Waals surface area contributed by atoms with Gasteiger partial charge in [-0.3, -0.25) is 0 Å². The van der Waals surface area contributed by atoms with Crippen molar-refractivity contribution in [3.05, 3.63) is 46.8 Å². The van der Waals surface area contributed by atoms with Gasteiger partial charge in [0, 0.05) is 0 Å². The van der Waals surface area contributed by atoms with E-state index in [1.54, 1.807) is 6.20 Å². The standard InChI is InChI=1S/C13H13N3/c1-9-4-5-10(2)13(6-9)16-11(3)12(7-14)8-15-16/h4-6,8H,1-3H3. The van der Waals surface area contributed by atoms with Crippen LogP contribution < -0.4 is 0 Å². The fourth-order valence-electron chi connectivity index (χ4n) is 1.71. The Labute approximate surface area is 94.9 Å². The van der Waals surface area contributed by atoms with Gasteiger partial charge in [0.25, 0.3) is 0 Å². The summed E-state index contributed by atoms with van der Waals surface area (Å²) in [7, 11) is 0. The predicted molar refractivity (Wildman–Crippen MR) is 62.5 cm³/mol. The molecule has 0 saturated carbocycles. The van der Waals surface area contributed by atoms with Crippen molar-refractivity contribution in [3.8, 4) is 11.8 Å². The molecule has 0 fully saturated rings. The fraction of sp³-hybridized carbons (Fsp3) is 0.231. The molecule has 80 valence electrons. The van der Waals surface area contributed by atoms with Gasteiger partial charge in [0.15, 0.2) is 0 Å². The number of hydrogen-bond donors (Lipinski definition) is 0. The molecule has 0 saturated heterocycles. The highest BCUT2D eigenvalue weighted by Gasteiger charge is 2.09. The summed E-state index contributed by atoms with van der Waals surface area (Å²) in [5.41, 5.74) is 4.89. The van der Waals surface area contributed by atoms with Gasteiger partial charge in [0.1, 0.15) is 6.07 Å². The second-order valence-electron chi connectivity index (χ2n) is 3.96. The molecule has 3 nitrogen and oxygen atoms in total. The number of nitriles is 1. The number of aromatic nitrogens is 2. The molecule has 2 rings (SSSR count). The van der Waals surface area contributed by atoms with Gasteiger partial charge in [0.05, 0.1) is 23.1 Å². The lowest BCUT2D eigenvalue weighted by Crippen LogP contribution is -2.01. The van der Waals surface area contributed by atoms with E-state index in [1.807, 2.05) is 25.5 Å². The van der Waals surface area contributed by atoms with Crippen molar-refractivity contribution in [1.29, 1.82) is 5.26 Å². The quantitative estimate of drug-likeness (QED) is 0.727. The maximum atomic E-state index is 8.90. The minimum absolute atomic E-state index is 0.626. The first kappa shape index (κ1) is 10.4. The average molecular weight is 211 g/mol. The monoisotopic (exact) mass is 211 g/mol. The van der Waals surface area contributed by atoms with Crippen LogP contribution in [0.4, 0.5) is 0 Å². The highest BCUT2D eigenvalue weighted by molar-refractivity contribution is 5.45. The van der Waals surface area contributed by atoms with Gasteiger partial charge in [-0.05, 0) is 38.0 Å². The van der Waals surface area contributed by atoms with Crippen LogP contribution in [0.1, 0.15) is 22.4 Å². The van der Waals surface area contributed by atoms with Crippen molar-refractivity contribution in [3.63, 3.8) is 0 Å². The van der Waals surface area contributed by atoms with Crippen LogP contribution >= 0.6 is 0 Å². The molecule has 1 aromatic carbocycles. The molecule has 0 aliphatic rings. The second kappa shape index (κ2) is 3.82. The van der Waals surface area contributed by atoms with Crippen molar-refractivity contribution < 1.29 is 0 Å². The lowest BCUT2D eigenvalue weighted by molar-refractivity contribution is 0.838. The molecule has 0 amide bonds. The van der Waals surface area contributed by atoms with Crippen LogP contribution in [0.25, 0.3) is 5.69 Å². The molecule has 0 radical (unpaired) electrons. The van der Waals surface area contributed by atoms with Gasteiger partial charge >= 0.3 is 0 Å². The van der Waals surface area contributed by atoms with E-state index in [0.717, 1.165) is 16.9 Å². The second-order valence-corrected chi connectivity index (χ2v) is 3.96. The molecule has 0 unspecified atom stereocenters. The number of aryl methyl sites for hydroxylation is 2. The van der Waals surface area contributed by atoms with Crippen molar-refractivity contribution in [2.24, 2.45) is 0 Å². The lowest BCUT2D eigenvalue weighted by atomic mass is 10.1. The number of benzene rings is 1. The highest BCUT2D eigenvalue weighted by Crippen LogP contribution is 2.18. The first-order valence-corrected chi connectivity index (χ1v) is 5.16. The van der Waals surface area contributed by atoms with Crippen LogP contribution in [0.15, 0.2) is 24.4 Å². The smallest absolute Gasteiger partial charge is 0.103 e. The highest BCUT2D eigenvalue weighted by atomic mass is 15.3. The minimum Gasteiger partial charge on any atom is -0.236 e. The van der Waals surface area contributed by atoms with Crippen LogP contribution in [-0.2, 0) is 0 Å². The summed E-state index contributed by atoms with van der Waals surface area (Å²) < 4.78 is 1.82. The van der Waals surface area contributed by atoms with Gasteiger partial charge in [-0.25, -0.2) is 4.68 Å². The molecule has 0 spiro atoms. The van der Waals surface area contributed by atoms with Crippen LogP contribution in [0.3, 0.4) is 0 Å². The van der Waals surface area contributed by atoms with E-state index in [1.165, 1.54) is 5.56 Å². The Kier molecular flexibility index (Phi) is 2.49. The van der Waals surface area contributed by atoms with Crippen LogP contribution in [-0.4, -0.2) is 9.78 Å². The molecule has 1 aromatic heterocycles. The molecule has 0 atom stereocenters. The molecule has 1 heterocycles. The van der Waals surface area contributed by atoms with Gasteiger partial charge in [-0.15, -0.1) is 0 Å².